The van der Waals surface area contributed by atoms with Crippen molar-refractivity contribution < 1.29 is 0 Å². The van der Waals surface area contributed by atoms with Crippen LogP contribution in [-0.4, -0.2) is 28.9 Å². The molecule has 0 saturated carbocycles. The second kappa shape index (κ2) is 3.97. The third kappa shape index (κ3) is 1.79. The molecule has 0 aliphatic rings. The second-order valence-electron chi connectivity index (χ2n) is 3.61. The molecule has 0 saturated heterocycles. The van der Waals surface area contributed by atoms with E-state index in [2.05, 4.69) is 10.2 Å². The number of aromatic nitrogens is 3. The third-order valence-corrected chi connectivity index (χ3v) is 2.57. The van der Waals surface area contributed by atoms with Gasteiger partial charge in [-0.3, -0.25) is 5.10 Å². The largest absolute Gasteiger partial charge is 0.378 e. The fourth-order valence-electron chi connectivity index (χ4n) is 1.46. The average Bonchev–Trinajstić information content (AvgIpc) is 2.59. The first-order chi connectivity index (χ1) is 7.59. The highest BCUT2D eigenvalue weighted by molar-refractivity contribution is 7.71. The first-order valence-electron chi connectivity index (χ1n) is 4.77. The lowest BCUT2D eigenvalue weighted by atomic mass is 10.2. The van der Waals surface area contributed by atoms with Gasteiger partial charge in [-0.25, -0.2) is 14.5 Å². The molecule has 6 heteroatoms. The van der Waals surface area contributed by atoms with E-state index in [1.165, 1.54) is 4.57 Å². The second-order valence-corrected chi connectivity index (χ2v) is 4.00. The molecule has 2 N–H and O–H groups in total. The Morgan fingerprint density at radius 3 is 2.62 bits per heavy atom. The first kappa shape index (κ1) is 10.7. The Balaban J connectivity index is 2.61. The molecule has 84 valence electrons. The smallest absolute Gasteiger partial charge is 0.347 e. The van der Waals surface area contributed by atoms with Crippen molar-refractivity contribution in [2.75, 3.05) is 19.0 Å². The Labute approximate surface area is 97.3 Å². The minimum atomic E-state index is -0.263. The molecule has 0 spiro atoms. The molecule has 0 fully saturated rings. The van der Waals surface area contributed by atoms with Gasteiger partial charge in [0, 0.05) is 19.8 Å². The Morgan fingerprint density at radius 2 is 2.06 bits per heavy atom. The van der Waals surface area contributed by atoms with Gasteiger partial charge in [0.15, 0.2) is 0 Å². The van der Waals surface area contributed by atoms with E-state index in [-0.39, 0.29) is 5.69 Å². The van der Waals surface area contributed by atoms with Gasteiger partial charge in [-0.15, -0.1) is 0 Å². The molecular formula is C10H12N4OS. The summed E-state index contributed by atoms with van der Waals surface area (Å²) < 4.78 is 1.78. The van der Waals surface area contributed by atoms with Crippen molar-refractivity contribution >= 4 is 17.9 Å². The van der Waals surface area contributed by atoms with Crippen molar-refractivity contribution in [1.82, 2.24) is 14.8 Å². The Bertz CT molecular complexity index is 580. The van der Waals surface area contributed by atoms with Crippen molar-refractivity contribution in [3.05, 3.63) is 39.5 Å². The summed E-state index contributed by atoms with van der Waals surface area (Å²) in [4.78, 5) is 13.5. The maximum absolute atomic E-state index is 11.5. The van der Waals surface area contributed by atoms with Crippen LogP contribution in [0.4, 0.5) is 5.69 Å². The van der Waals surface area contributed by atoms with Crippen LogP contribution in [0.1, 0.15) is 0 Å². The van der Waals surface area contributed by atoms with E-state index >= 15 is 0 Å². The van der Waals surface area contributed by atoms with Crippen LogP contribution >= 0.6 is 12.2 Å². The molecule has 0 amide bonds. The molecule has 1 aromatic carbocycles. The zero-order valence-electron chi connectivity index (χ0n) is 9.02. The lowest BCUT2D eigenvalue weighted by Crippen LogP contribution is -2.16. The lowest BCUT2D eigenvalue weighted by molar-refractivity contribution is 0.972. The summed E-state index contributed by atoms with van der Waals surface area (Å²) >= 11 is 5.03. The van der Waals surface area contributed by atoms with Crippen LogP contribution in [0, 0.1) is 4.77 Å². The first-order valence-corrected chi connectivity index (χ1v) is 5.18. The van der Waals surface area contributed by atoms with E-state index < -0.39 is 0 Å². The number of aromatic amines is 2. The predicted molar refractivity (Wildman–Crippen MR) is 65.9 cm³/mol. The molecule has 0 aliphatic heterocycles. The van der Waals surface area contributed by atoms with Gasteiger partial charge in [0.2, 0.25) is 4.77 Å². The molecule has 5 nitrogen and oxygen atoms in total. The lowest BCUT2D eigenvalue weighted by Gasteiger charge is -2.13. The van der Waals surface area contributed by atoms with Crippen LogP contribution in [0.5, 0.6) is 0 Å². The van der Waals surface area contributed by atoms with Crippen LogP contribution in [0.15, 0.2) is 29.1 Å². The third-order valence-electron chi connectivity index (χ3n) is 2.29. The van der Waals surface area contributed by atoms with Gasteiger partial charge in [-0.1, -0.05) is 6.07 Å². The molecule has 0 bridgehead atoms. The molecule has 0 aliphatic carbocycles. The molecular weight excluding hydrogens is 224 g/mol. The SMILES string of the molecule is CN(C)c1cccc(-n2c(=O)[nH][nH]c2=S)c1. The Morgan fingerprint density at radius 1 is 1.31 bits per heavy atom. The minimum Gasteiger partial charge on any atom is -0.378 e. The summed E-state index contributed by atoms with van der Waals surface area (Å²) in [6, 6.07) is 7.59. The highest BCUT2D eigenvalue weighted by Gasteiger charge is 2.04. The molecule has 0 radical (unpaired) electrons. The standard InChI is InChI=1S/C10H12N4OS/c1-13(2)7-4-3-5-8(6-7)14-9(15)11-12-10(14)16/h3-6H,1-2H3,(H,11,15)(H,12,16). The summed E-state index contributed by atoms with van der Waals surface area (Å²) in [7, 11) is 3.89. The molecule has 2 rings (SSSR count). The van der Waals surface area contributed by atoms with Gasteiger partial charge in [0.25, 0.3) is 0 Å². The molecule has 1 heterocycles. The molecule has 16 heavy (non-hydrogen) atoms. The number of benzene rings is 1. The Hall–Kier alpha value is -1.82. The van der Waals surface area contributed by atoms with Gasteiger partial charge in [0.05, 0.1) is 5.69 Å². The topological polar surface area (TPSA) is 56.8 Å². The van der Waals surface area contributed by atoms with Crippen LogP contribution in [0.25, 0.3) is 5.69 Å². The van der Waals surface area contributed by atoms with Crippen molar-refractivity contribution in [3.8, 4) is 5.69 Å². The van der Waals surface area contributed by atoms with Gasteiger partial charge in [0.1, 0.15) is 0 Å². The molecule has 0 unspecified atom stereocenters. The van der Waals surface area contributed by atoms with E-state index in [4.69, 9.17) is 12.2 Å². The molecule has 2 aromatic rings. The fourth-order valence-corrected chi connectivity index (χ4v) is 1.70. The van der Waals surface area contributed by atoms with Crippen LogP contribution in [-0.2, 0) is 0 Å². The van der Waals surface area contributed by atoms with E-state index in [1.807, 2.05) is 43.3 Å². The number of nitrogens with zero attached hydrogens (tertiary/aromatic N) is 2. The van der Waals surface area contributed by atoms with Crippen molar-refractivity contribution in [2.24, 2.45) is 0 Å². The monoisotopic (exact) mass is 236 g/mol. The summed E-state index contributed by atoms with van der Waals surface area (Å²) in [5.41, 5.74) is 1.50. The fraction of sp³-hybridized carbons (Fsp3) is 0.200. The molecule has 0 atom stereocenters. The van der Waals surface area contributed by atoms with Crippen molar-refractivity contribution in [2.45, 2.75) is 0 Å². The van der Waals surface area contributed by atoms with Gasteiger partial charge >= 0.3 is 5.69 Å². The average molecular weight is 236 g/mol. The van der Waals surface area contributed by atoms with Crippen molar-refractivity contribution in [1.29, 1.82) is 0 Å². The predicted octanol–water partition coefficient (Wildman–Crippen LogP) is 1.29. The number of H-pyrrole nitrogens is 2. The van der Waals surface area contributed by atoms with E-state index in [0.717, 1.165) is 11.4 Å². The summed E-state index contributed by atoms with van der Waals surface area (Å²) in [5, 5.41) is 5.06. The number of hydrogen-bond donors (Lipinski definition) is 2. The zero-order chi connectivity index (χ0) is 11.7. The Kier molecular flexibility index (Phi) is 2.66. The minimum absolute atomic E-state index is 0.263. The van der Waals surface area contributed by atoms with Crippen LogP contribution in [0.3, 0.4) is 0 Å². The summed E-state index contributed by atoms with van der Waals surface area (Å²) in [6.07, 6.45) is 0. The number of anilines is 1. The van der Waals surface area contributed by atoms with Crippen LogP contribution < -0.4 is 10.6 Å². The normalized spacial score (nSPS) is 10.4. The number of rotatable bonds is 2. The maximum Gasteiger partial charge on any atom is 0.347 e. The summed E-state index contributed by atoms with van der Waals surface area (Å²) in [5.74, 6) is 0. The van der Waals surface area contributed by atoms with E-state index in [9.17, 15) is 4.79 Å². The van der Waals surface area contributed by atoms with E-state index in [0.29, 0.717) is 4.77 Å². The van der Waals surface area contributed by atoms with Gasteiger partial charge in [-0.05, 0) is 30.4 Å². The van der Waals surface area contributed by atoms with Crippen molar-refractivity contribution in [3.63, 3.8) is 0 Å². The number of nitrogens with one attached hydrogen (secondary N) is 2. The summed E-state index contributed by atoms with van der Waals surface area (Å²) in [6.45, 7) is 0. The van der Waals surface area contributed by atoms with Gasteiger partial charge in [-0.2, -0.15) is 0 Å². The molecule has 1 aromatic heterocycles. The van der Waals surface area contributed by atoms with E-state index in [1.54, 1.807) is 0 Å². The zero-order valence-corrected chi connectivity index (χ0v) is 9.84. The quantitative estimate of drug-likeness (QED) is 0.772. The highest BCUT2D eigenvalue weighted by Crippen LogP contribution is 2.15. The van der Waals surface area contributed by atoms with Crippen LogP contribution in [0.2, 0.25) is 0 Å². The van der Waals surface area contributed by atoms with Gasteiger partial charge < -0.3 is 4.90 Å². The number of hydrogen-bond acceptors (Lipinski definition) is 3. The highest BCUT2D eigenvalue weighted by atomic mass is 32.1. The maximum atomic E-state index is 11.5.